The van der Waals surface area contributed by atoms with Gasteiger partial charge in [0.05, 0.1) is 11.1 Å². The molecule has 0 radical (unpaired) electrons. The van der Waals surface area contributed by atoms with E-state index < -0.39 is 11.9 Å². The van der Waals surface area contributed by atoms with E-state index in [9.17, 15) is 9.59 Å². The summed E-state index contributed by atoms with van der Waals surface area (Å²) in [6, 6.07) is 53.9. The lowest BCUT2D eigenvalue weighted by molar-refractivity contribution is 0.0649. The van der Waals surface area contributed by atoms with Gasteiger partial charge in [0, 0.05) is 11.1 Å². The monoisotopic (exact) mass is 620 g/mol. The summed E-state index contributed by atoms with van der Waals surface area (Å²) in [5.41, 5.74) is 2.05. The van der Waals surface area contributed by atoms with E-state index in [1.54, 1.807) is 12.1 Å². The van der Waals surface area contributed by atoms with E-state index in [1.807, 2.05) is 158 Å². The van der Waals surface area contributed by atoms with E-state index in [1.165, 1.54) is 0 Å². The number of rotatable bonds is 6. The van der Waals surface area contributed by atoms with Crippen LogP contribution < -0.4 is 0 Å². The van der Waals surface area contributed by atoms with Crippen molar-refractivity contribution >= 4 is 66.5 Å². The number of carbonyl (C=O) groups excluding carboxylic acids is 2. The first kappa shape index (κ1) is 28.9. The smallest absolute Gasteiger partial charge is 0.344 e. The lowest BCUT2D eigenvalue weighted by atomic mass is 9.98. The van der Waals surface area contributed by atoms with Gasteiger partial charge in [0.1, 0.15) is 0 Å². The van der Waals surface area contributed by atoms with E-state index in [-0.39, 0.29) is 11.5 Å². The Morgan fingerprint density at radius 2 is 0.542 bits per heavy atom. The number of ether oxygens (including phenoxy) is 2. The Morgan fingerprint density at radius 1 is 0.292 bits per heavy atom. The molecule has 0 amide bonds. The summed E-state index contributed by atoms with van der Waals surface area (Å²) in [4.78, 5) is 28.6. The molecule has 4 nitrogen and oxygen atoms in total. The molecule has 0 spiro atoms. The molecule has 0 heterocycles. The summed E-state index contributed by atoms with van der Waals surface area (Å²) in [7, 11) is 0. The number of hydrogen-bond donors (Lipinski definition) is 0. The van der Waals surface area contributed by atoms with Gasteiger partial charge in [-0.3, -0.25) is 0 Å². The minimum absolute atomic E-state index is 0.148. The fourth-order valence-electron chi connectivity index (χ4n) is 6.40. The van der Waals surface area contributed by atoms with Gasteiger partial charge in [-0.1, -0.05) is 158 Å². The van der Waals surface area contributed by atoms with E-state index >= 15 is 0 Å². The van der Waals surface area contributed by atoms with Gasteiger partial charge in [0.15, 0.2) is 11.5 Å². The van der Waals surface area contributed by atoms with Gasteiger partial charge in [0.2, 0.25) is 0 Å². The third kappa shape index (κ3) is 5.25. The molecule has 228 valence electrons. The molecule has 0 N–H and O–H groups in total. The Morgan fingerprint density at radius 3 is 0.875 bits per heavy atom. The third-order valence-electron chi connectivity index (χ3n) is 8.68. The molecule has 0 atom stereocenters. The number of esters is 2. The molecule has 0 aromatic heterocycles. The molecule has 0 fully saturated rings. The van der Waals surface area contributed by atoms with Crippen molar-refractivity contribution in [1.29, 1.82) is 0 Å². The quantitative estimate of drug-likeness (QED) is 0.105. The van der Waals surface area contributed by atoms with E-state index in [4.69, 9.17) is 9.47 Å². The summed E-state index contributed by atoms with van der Waals surface area (Å²) >= 11 is 0. The molecule has 0 aliphatic carbocycles. The highest BCUT2D eigenvalue weighted by molar-refractivity contribution is 6.12. The highest BCUT2D eigenvalue weighted by Gasteiger charge is 2.26. The van der Waals surface area contributed by atoms with Crippen molar-refractivity contribution in [3.63, 3.8) is 0 Å². The molecule has 4 heteroatoms. The van der Waals surface area contributed by atoms with Gasteiger partial charge in [-0.05, 0) is 55.2 Å². The van der Waals surface area contributed by atoms with Crippen molar-refractivity contribution in [2.24, 2.45) is 0 Å². The van der Waals surface area contributed by atoms with E-state index in [0.717, 1.165) is 43.1 Å². The van der Waals surface area contributed by atoms with E-state index in [0.29, 0.717) is 22.3 Å². The van der Waals surface area contributed by atoms with Crippen LogP contribution in [0.25, 0.3) is 54.6 Å². The van der Waals surface area contributed by atoms with Crippen molar-refractivity contribution in [1.82, 2.24) is 0 Å². The Balaban J connectivity index is 1.40. The molecular formula is C44H28O4. The van der Waals surface area contributed by atoms with Crippen molar-refractivity contribution in [3.8, 4) is 0 Å². The van der Waals surface area contributed by atoms with Gasteiger partial charge in [0.25, 0.3) is 0 Å². The number of carbonyl (C=O) groups is 2. The van der Waals surface area contributed by atoms with Crippen LogP contribution in [0.3, 0.4) is 0 Å². The van der Waals surface area contributed by atoms with Crippen LogP contribution in [0.1, 0.15) is 31.8 Å². The Kier molecular flexibility index (Phi) is 7.44. The molecular weight excluding hydrogens is 592 g/mol. The van der Waals surface area contributed by atoms with Crippen LogP contribution in [0.5, 0.6) is 0 Å². The standard InChI is InChI=1S/C44H28O4/c45-43(39-27-11-19-31-15-3-7-23-35(31)39)47-41(37-25-9-17-29-13-1-5-21-33(29)37)42(38-26-10-18-30-14-2-6-22-34(30)38)48-44(46)40-28-12-20-32-16-4-8-24-36(32)40/h1-28H/b42-41+. The molecule has 0 aliphatic rings. The SMILES string of the molecule is O=C(O/C(=C(/OC(=O)c1cccc2ccccc12)c1cccc2ccccc12)c1cccc2ccccc12)c1cccc2ccccc12. The summed E-state index contributed by atoms with van der Waals surface area (Å²) in [5.74, 6) is -0.827. The maximum absolute atomic E-state index is 14.3. The Bertz CT molecular complexity index is 2360. The fraction of sp³-hybridized carbons (Fsp3) is 0. The van der Waals surface area contributed by atoms with Gasteiger partial charge < -0.3 is 9.47 Å². The molecule has 0 unspecified atom stereocenters. The Labute approximate surface area is 277 Å². The number of hydrogen-bond acceptors (Lipinski definition) is 4. The average Bonchev–Trinajstić information content (AvgIpc) is 3.15. The van der Waals surface area contributed by atoms with Gasteiger partial charge in [-0.2, -0.15) is 0 Å². The molecule has 0 bridgehead atoms. The minimum Gasteiger partial charge on any atom is -0.418 e. The van der Waals surface area contributed by atoms with Crippen LogP contribution in [0.2, 0.25) is 0 Å². The minimum atomic E-state index is -0.561. The zero-order valence-electron chi connectivity index (χ0n) is 25.8. The van der Waals surface area contributed by atoms with Crippen LogP contribution in [-0.2, 0) is 9.47 Å². The highest BCUT2D eigenvalue weighted by Crippen LogP contribution is 2.38. The maximum atomic E-state index is 14.3. The topological polar surface area (TPSA) is 52.6 Å². The second kappa shape index (κ2) is 12.3. The lowest BCUT2D eigenvalue weighted by Crippen LogP contribution is -2.12. The summed E-state index contributed by atoms with van der Waals surface area (Å²) in [5, 5.41) is 6.96. The normalized spacial score (nSPS) is 11.8. The first-order valence-electron chi connectivity index (χ1n) is 15.8. The van der Waals surface area contributed by atoms with Gasteiger partial charge in [-0.25, -0.2) is 9.59 Å². The number of benzene rings is 8. The summed E-state index contributed by atoms with van der Waals surface area (Å²) < 4.78 is 13.0. The van der Waals surface area contributed by atoms with Crippen LogP contribution in [0.15, 0.2) is 170 Å². The van der Waals surface area contributed by atoms with Crippen LogP contribution in [-0.4, -0.2) is 11.9 Å². The second-order valence-electron chi connectivity index (χ2n) is 11.5. The third-order valence-corrected chi connectivity index (χ3v) is 8.68. The first-order chi connectivity index (χ1) is 23.7. The lowest BCUT2D eigenvalue weighted by Gasteiger charge is -2.19. The van der Waals surface area contributed by atoms with Crippen LogP contribution >= 0.6 is 0 Å². The maximum Gasteiger partial charge on any atom is 0.344 e. The molecule has 0 saturated carbocycles. The fourth-order valence-corrected chi connectivity index (χ4v) is 6.40. The van der Waals surface area contributed by atoms with Crippen LogP contribution in [0.4, 0.5) is 0 Å². The van der Waals surface area contributed by atoms with Crippen molar-refractivity contribution in [3.05, 3.63) is 192 Å². The van der Waals surface area contributed by atoms with E-state index in [2.05, 4.69) is 0 Å². The van der Waals surface area contributed by atoms with Gasteiger partial charge in [-0.15, -0.1) is 0 Å². The zero-order chi connectivity index (χ0) is 32.5. The highest BCUT2D eigenvalue weighted by atomic mass is 16.6. The summed E-state index contributed by atoms with van der Waals surface area (Å²) in [6.07, 6.45) is 0. The predicted octanol–water partition coefficient (Wildman–Crippen LogP) is 10.8. The molecule has 8 aromatic carbocycles. The molecule has 8 rings (SSSR count). The zero-order valence-corrected chi connectivity index (χ0v) is 25.8. The summed E-state index contributed by atoms with van der Waals surface area (Å²) in [6.45, 7) is 0. The van der Waals surface area contributed by atoms with Crippen molar-refractivity contribution in [2.75, 3.05) is 0 Å². The average molecular weight is 621 g/mol. The van der Waals surface area contributed by atoms with Crippen LogP contribution in [0, 0.1) is 0 Å². The molecule has 48 heavy (non-hydrogen) atoms. The Hall–Kier alpha value is -6.52. The first-order valence-corrected chi connectivity index (χ1v) is 15.8. The van der Waals surface area contributed by atoms with Crippen molar-refractivity contribution < 1.29 is 19.1 Å². The second-order valence-corrected chi connectivity index (χ2v) is 11.5. The number of fused-ring (bicyclic) bond motifs is 4. The molecule has 8 aromatic rings. The molecule has 0 aliphatic heterocycles. The molecule has 0 saturated heterocycles. The largest absolute Gasteiger partial charge is 0.418 e. The van der Waals surface area contributed by atoms with Crippen molar-refractivity contribution in [2.45, 2.75) is 0 Å². The van der Waals surface area contributed by atoms with Gasteiger partial charge >= 0.3 is 11.9 Å². The predicted molar refractivity (Wildman–Crippen MR) is 193 cm³/mol.